The normalized spacial score (nSPS) is 15.8. The molecule has 0 unspecified atom stereocenters. The molecule has 0 N–H and O–H groups in total. The monoisotopic (exact) mass is 158 g/mol. The highest BCUT2D eigenvalue weighted by molar-refractivity contribution is 5.68. The number of hydrogen-bond acceptors (Lipinski definition) is 0. The molecule has 1 aromatic carbocycles. The van der Waals surface area contributed by atoms with E-state index in [0.717, 1.165) is 13.0 Å². The molecule has 0 saturated heterocycles. The summed E-state index contributed by atoms with van der Waals surface area (Å²) in [4.78, 5) is 0. The van der Waals surface area contributed by atoms with Crippen molar-refractivity contribution in [2.75, 3.05) is 6.54 Å². The zero-order valence-corrected chi connectivity index (χ0v) is 6.98. The molecule has 2 rings (SSSR count). The number of benzene rings is 1. The minimum Gasteiger partial charge on any atom is -0.199 e. The number of rotatable bonds is 1. The smallest absolute Gasteiger partial charge is 0.199 e. The Labute approximate surface area is 72.7 Å². The van der Waals surface area contributed by atoms with Crippen LogP contribution in [0.4, 0.5) is 5.69 Å². The van der Waals surface area contributed by atoms with E-state index in [2.05, 4.69) is 47.2 Å². The molecule has 0 aliphatic carbocycles. The van der Waals surface area contributed by atoms with Crippen LogP contribution >= 0.6 is 0 Å². The molecule has 1 nitrogen and oxygen atoms in total. The molecule has 0 amide bonds. The molecular formula is C11H12N+. The SMILES string of the molecule is C1=CCC[N+](c2ccccc2)=C1. The Bertz CT molecular complexity index is 309. The van der Waals surface area contributed by atoms with Crippen LogP contribution in [0.3, 0.4) is 0 Å². The number of allylic oxidation sites excluding steroid dienone is 1. The quantitative estimate of drug-likeness (QED) is 0.552. The van der Waals surface area contributed by atoms with Crippen molar-refractivity contribution in [1.29, 1.82) is 0 Å². The van der Waals surface area contributed by atoms with Gasteiger partial charge >= 0.3 is 0 Å². The van der Waals surface area contributed by atoms with Gasteiger partial charge in [-0.05, 0) is 6.08 Å². The first-order valence-electron chi connectivity index (χ1n) is 4.28. The van der Waals surface area contributed by atoms with Crippen LogP contribution in [0.15, 0.2) is 42.5 Å². The number of nitrogens with zero attached hydrogens (tertiary/aromatic N) is 1. The first-order valence-corrected chi connectivity index (χ1v) is 4.28. The fourth-order valence-electron chi connectivity index (χ4n) is 1.38. The van der Waals surface area contributed by atoms with Gasteiger partial charge < -0.3 is 0 Å². The third-order valence-corrected chi connectivity index (χ3v) is 2.03. The second-order valence-electron chi connectivity index (χ2n) is 2.89. The van der Waals surface area contributed by atoms with Gasteiger partial charge in [0, 0.05) is 18.6 Å². The van der Waals surface area contributed by atoms with Crippen LogP contribution in [0.5, 0.6) is 0 Å². The molecule has 1 heterocycles. The molecule has 1 aliphatic heterocycles. The summed E-state index contributed by atoms with van der Waals surface area (Å²) in [6, 6.07) is 10.5. The molecule has 60 valence electrons. The van der Waals surface area contributed by atoms with E-state index in [9.17, 15) is 0 Å². The van der Waals surface area contributed by atoms with Crippen molar-refractivity contribution in [2.24, 2.45) is 0 Å². The van der Waals surface area contributed by atoms with Crippen LogP contribution in [0, 0.1) is 0 Å². The minimum absolute atomic E-state index is 1.10. The molecule has 0 bridgehead atoms. The summed E-state index contributed by atoms with van der Waals surface area (Å²) in [5.41, 5.74) is 1.28. The average molecular weight is 158 g/mol. The summed E-state index contributed by atoms with van der Waals surface area (Å²) >= 11 is 0. The van der Waals surface area contributed by atoms with Gasteiger partial charge in [-0.3, -0.25) is 0 Å². The van der Waals surface area contributed by atoms with Crippen molar-refractivity contribution >= 4 is 11.9 Å². The highest BCUT2D eigenvalue weighted by atomic mass is 15.0. The van der Waals surface area contributed by atoms with Crippen LogP contribution < -0.4 is 0 Å². The zero-order valence-electron chi connectivity index (χ0n) is 6.98. The number of para-hydroxylation sites is 1. The van der Waals surface area contributed by atoms with Crippen LogP contribution in [-0.2, 0) is 0 Å². The van der Waals surface area contributed by atoms with Crippen molar-refractivity contribution in [3.8, 4) is 0 Å². The predicted molar refractivity (Wildman–Crippen MR) is 51.1 cm³/mol. The van der Waals surface area contributed by atoms with E-state index in [1.807, 2.05) is 6.07 Å². The van der Waals surface area contributed by atoms with E-state index in [-0.39, 0.29) is 0 Å². The molecule has 0 spiro atoms. The lowest BCUT2D eigenvalue weighted by atomic mass is 10.2. The average Bonchev–Trinajstić information content (AvgIpc) is 2.21. The minimum atomic E-state index is 1.10. The standard InChI is InChI=1S/C11H12N/c1-3-7-11(8-4-1)12-9-5-2-6-10-12/h1-5,7-9H,6,10H2/q+1. The van der Waals surface area contributed by atoms with Crippen LogP contribution in [0.25, 0.3) is 0 Å². The Kier molecular flexibility index (Phi) is 2.04. The Morgan fingerprint density at radius 3 is 2.58 bits per heavy atom. The Morgan fingerprint density at radius 1 is 1.08 bits per heavy atom. The first kappa shape index (κ1) is 7.29. The lowest BCUT2D eigenvalue weighted by molar-refractivity contribution is -0.435. The maximum absolute atomic E-state index is 2.26. The van der Waals surface area contributed by atoms with Crippen molar-refractivity contribution in [1.82, 2.24) is 0 Å². The third-order valence-electron chi connectivity index (χ3n) is 2.03. The molecule has 1 heteroatoms. The van der Waals surface area contributed by atoms with Gasteiger partial charge in [0.15, 0.2) is 12.8 Å². The van der Waals surface area contributed by atoms with Crippen molar-refractivity contribution in [3.05, 3.63) is 42.5 Å². The predicted octanol–water partition coefficient (Wildman–Crippen LogP) is 2.36. The van der Waals surface area contributed by atoms with Gasteiger partial charge in [-0.15, -0.1) is 0 Å². The van der Waals surface area contributed by atoms with E-state index < -0.39 is 0 Å². The zero-order chi connectivity index (χ0) is 8.23. The molecule has 0 fully saturated rings. The van der Waals surface area contributed by atoms with Gasteiger partial charge in [0.2, 0.25) is 5.69 Å². The van der Waals surface area contributed by atoms with Gasteiger partial charge in [-0.25, -0.2) is 0 Å². The summed E-state index contributed by atoms with van der Waals surface area (Å²) in [6.45, 7) is 1.10. The third kappa shape index (κ3) is 1.45. The summed E-state index contributed by atoms with van der Waals surface area (Å²) in [5, 5.41) is 0. The fraction of sp³-hybridized carbons (Fsp3) is 0.182. The molecule has 0 saturated carbocycles. The molecule has 1 aliphatic rings. The van der Waals surface area contributed by atoms with Crippen molar-refractivity contribution in [3.63, 3.8) is 0 Å². The first-order chi connectivity index (χ1) is 5.97. The molecular weight excluding hydrogens is 146 g/mol. The fourth-order valence-corrected chi connectivity index (χ4v) is 1.38. The lowest BCUT2D eigenvalue weighted by Gasteiger charge is -2.02. The maximum atomic E-state index is 2.26. The summed E-state index contributed by atoms with van der Waals surface area (Å²) in [7, 11) is 0. The van der Waals surface area contributed by atoms with Crippen LogP contribution in [0.1, 0.15) is 6.42 Å². The molecule has 1 aromatic rings. The van der Waals surface area contributed by atoms with Gasteiger partial charge in [0.1, 0.15) is 0 Å². The van der Waals surface area contributed by atoms with Crippen molar-refractivity contribution in [2.45, 2.75) is 6.42 Å². The molecule has 12 heavy (non-hydrogen) atoms. The molecule has 0 radical (unpaired) electrons. The van der Waals surface area contributed by atoms with Crippen molar-refractivity contribution < 1.29 is 4.58 Å². The summed E-state index contributed by atoms with van der Waals surface area (Å²) < 4.78 is 2.26. The number of hydrogen-bond donors (Lipinski definition) is 0. The lowest BCUT2D eigenvalue weighted by Crippen LogP contribution is -2.10. The Balaban J connectivity index is 2.31. The highest BCUT2D eigenvalue weighted by Crippen LogP contribution is 2.11. The van der Waals surface area contributed by atoms with Gasteiger partial charge in [-0.2, -0.15) is 4.58 Å². The van der Waals surface area contributed by atoms with E-state index in [0.29, 0.717) is 0 Å². The van der Waals surface area contributed by atoms with Crippen LogP contribution in [0.2, 0.25) is 0 Å². The molecule has 0 aromatic heterocycles. The highest BCUT2D eigenvalue weighted by Gasteiger charge is 2.07. The van der Waals surface area contributed by atoms with Crippen LogP contribution in [-0.4, -0.2) is 17.3 Å². The molecule has 0 atom stereocenters. The summed E-state index contributed by atoms with van der Waals surface area (Å²) in [6.07, 6.45) is 7.57. The van der Waals surface area contributed by atoms with E-state index in [4.69, 9.17) is 0 Å². The Morgan fingerprint density at radius 2 is 1.92 bits per heavy atom. The van der Waals surface area contributed by atoms with Gasteiger partial charge in [-0.1, -0.05) is 24.3 Å². The van der Waals surface area contributed by atoms with E-state index in [1.165, 1.54) is 5.69 Å². The van der Waals surface area contributed by atoms with E-state index >= 15 is 0 Å². The largest absolute Gasteiger partial charge is 0.205 e. The van der Waals surface area contributed by atoms with E-state index in [1.54, 1.807) is 0 Å². The van der Waals surface area contributed by atoms with Gasteiger partial charge in [0.05, 0.1) is 0 Å². The second-order valence-corrected chi connectivity index (χ2v) is 2.89. The Hall–Kier alpha value is -1.37. The summed E-state index contributed by atoms with van der Waals surface area (Å²) in [5.74, 6) is 0. The topological polar surface area (TPSA) is 3.01 Å². The van der Waals surface area contributed by atoms with Gasteiger partial charge in [0.25, 0.3) is 0 Å². The maximum Gasteiger partial charge on any atom is 0.205 e. The second kappa shape index (κ2) is 3.35.